The lowest BCUT2D eigenvalue weighted by Gasteiger charge is -2.35. The summed E-state index contributed by atoms with van der Waals surface area (Å²) in [5, 5.41) is 3.79. The Morgan fingerprint density at radius 3 is 2.11 bits per heavy atom. The van der Waals surface area contributed by atoms with Gasteiger partial charge < -0.3 is 10.2 Å². The van der Waals surface area contributed by atoms with Crippen LogP contribution in [0.25, 0.3) is 0 Å². The van der Waals surface area contributed by atoms with E-state index in [2.05, 4.69) is 5.32 Å². The predicted molar refractivity (Wildman–Crippen MR) is 188 cm³/mol. The summed E-state index contributed by atoms with van der Waals surface area (Å²) in [5.41, 5.74) is 3.74. The van der Waals surface area contributed by atoms with Gasteiger partial charge in [-0.3, -0.25) is 13.9 Å². The Labute approximate surface area is 283 Å². The molecular weight excluding hydrogens is 630 g/mol. The molecule has 1 aliphatic carbocycles. The molecule has 0 saturated heterocycles. The van der Waals surface area contributed by atoms with E-state index in [4.69, 9.17) is 11.6 Å². The topological polar surface area (TPSA) is 86.8 Å². The largest absolute Gasteiger partial charge is 0.352 e. The molecule has 7 nitrogen and oxygen atoms in total. The average Bonchev–Trinajstić information content (AvgIpc) is 3.08. The molecule has 4 aromatic rings. The quantitative estimate of drug-likeness (QED) is 0.172. The highest BCUT2D eigenvalue weighted by molar-refractivity contribution is 7.92. The zero-order valence-corrected chi connectivity index (χ0v) is 28.5. The number of halogens is 1. The van der Waals surface area contributed by atoms with Crippen molar-refractivity contribution in [2.75, 3.05) is 10.8 Å². The summed E-state index contributed by atoms with van der Waals surface area (Å²) in [5.74, 6) is -0.729. The first kappa shape index (κ1) is 34.2. The van der Waals surface area contributed by atoms with Crippen molar-refractivity contribution in [2.24, 2.45) is 0 Å². The van der Waals surface area contributed by atoms with Crippen LogP contribution in [0.1, 0.15) is 54.4 Å². The van der Waals surface area contributed by atoms with Crippen LogP contribution in [0.2, 0.25) is 5.02 Å². The molecule has 246 valence electrons. The molecule has 0 spiro atoms. The Morgan fingerprint density at radius 2 is 1.45 bits per heavy atom. The Bertz CT molecular complexity index is 1760. The summed E-state index contributed by atoms with van der Waals surface area (Å²) < 4.78 is 29.7. The fourth-order valence-electron chi connectivity index (χ4n) is 6.12. The van der Waals surface area contributed by atoms with E-state index in [0.717, 1.165) is 54.4 Å². The van der Waals surface area contributed by atoms with Gasteiger partial charge in [0.25, 0.3) is 10.0 Å². The molecule has 0 aliphatic heterocycles. The first-order valence-electron chi connectivity index (χ1n) is 16.2. The Kier molecular flexibility index (Phi) is 11.4. The van der Waals surface area contributed by atoms with Crippen LogP contribution in [-0.4, -0.2) is 43.8 Å². The van der Waals surface area contributed by atoms with Crippen molar-refractivity contribution in [3.05, 3.63) is 130 Å². The number of nitrogens with zero attached hydrogens (tertiary/aromatic N) is 2. The lowest BCUT2D eigenvalue weighted by Crippen LogP contribution is -2.55. The van der Waals surface area contributed by atoms with Gasteiger partial charge in [-0.15, -0.1) is 0 Å². The standard InChI is InChI=1S/C38H42ClN3O4S/c1-28-13-12-20-35(29(28)2)42(47(45,46)34-18-10-5-11-19-34)27-37(43)41(26-31-21-23-32(39)24-22-31)36(25-30-14-6-3-7-15-30)38(44)40-33-16-8-4-9-17-33/h3,5-7,10-15,18-24,33,36H,4,8-9,16-17,25-27H2,1-2H3,(H,40,44)/t36-/m0/s1. The summed E-state index contributed by atoms with van der Waals surface area (Å²) in [6.45, 7) is 3.37. The number of carbonyl (C=O) groups is 2. The molecule has 5 rings (SSSR count). The minimum Gasteiger partial charge on any atom is -0.352 e. The Morgan fingerprint density at radius 1 is 0.809 bits per heavy atom. The molecule has 47 heavy (non-hydrogen) atoms. The van der Waals surface area contributed by atoms with Gasteiger partial charge in [0, 0.05) is 24.0 Å². The third-order valence-electron chi connectivity index (χ3n) is 8.94. The molecule has 0 unspecified atom stereocenters. The number of anilines is 1. The molecule has 0 aromatic heterocycles. The Hall–Kier alpha value is -4.14. The second kappa shape index (κ2) is 15.6. The molecule has 0 bridgehead atoms. The van der Waals surface area contributed by atoms with Crippen LogP contribution < -0.4 is 9.62 Å². The van der Waals surface area contributed by atoms with E-state index in [1.54, 1.807) is 42.5 Å². The predicted octanol–water partition coefficient (Wildman–Crippen LogP) is 7.24. The molecule has 0 radical (unpaired) electrons. The molecule has 9 heteroatoms. The maximum absolute atomic E-state index is 14.7. The number of hydrogen-bond donors (Lipinski definition) is 1. The van der Waals surface area contributed by atoms with Gasteiger partial charge in [0.2, 0.25) is 11.8 Å². The summed E-state index contributed by atoms with van der Waals surface area (Å²) >= 11 is 6.19. The van der Waals surface area contributed by atoms with E-state index in [1.165, 1.54) is 21.3 Å². The maximum Gasteiger partial charge on any atom is 0.264 e. The number of rotatable bonds is 12. The molecule has 1 fully saturated rings. The lowest BCUT2D eigenvalue weighted by molar-refractivity contribution is -0.140. The minimum absolute atomic E-state index is 0.0342. The number of nitrogens with one attached hydrogen (secondary N) is 1. The van der Waals surface area contributed by atoms with Crippen molar-refractivity contribution in [3.63, 3.8) is 0 Å². The van der Waals surface area contributed by atoms with Gasteiger partial charge in [-0.2, -0.15) is 0 Å². The molecular formula is C38H42ClN3O4S. The van der Waals surface area contributed by atoms with Crippen LogP contribution in [0, 0.1) is 13.8 Å². The number of benzene rings is 4. The van der Waals surface area contributed by atoms with E-state index >= 15 is 0 Å². The van der Waals surface area contributed by atoms with Crippen LogP contribution in [0.15, 0.2) is 108 Å². The average molecular weight is 672 g/mol. The molecule has 4 aromatic carbocycles. The smallest absolute Gasteiger partial charge is 0.264 e. The van der Waals surface area contributed by atoms with E-state index in [-0.39, 0.29) is 29.8 Å². The summed E-state index contributed by atoms with van der Waals surface area (Å²) in [7, 11) is -4.16. The highest BCUT2D eigenvalue weighted by Gasteiger charge is 2.36. The van der Waals surface area contributed by atoms with Gasteiger partial charge in [0.1, 0.15) is 12.6 Å². The number of amides is 2. The van der Waals surface area contributed by atoms with E-state index in [0.29, 0.717) is 10.7 Å². The molecule has 1 N–H and O–H groups in total. The first-order chi connectivity index (χ1) is 22.6. The zero-order valence-electron chi connectivity index (χ0n) is 26.9. The van der Waals surface area contributed by atoms with Crippen LogP contribution >= 0.6 is 11.6 Å². The first-order valence-corrected chi connectivity index (χ1v) is 18.0. The minimum atomic E-state index is -4.16. The van der Waals surface area contributed by atoms with Crippen LogP contribution in [0.5, 0.6) is 0 Å². The van der Waals surface area contributed by atoms with Crippen molar-refractivity contribution >= 4 is 39.1 Å². The number of aryl methyl sites for hydroxylation is 1. The highest BCUT2D eigenvalue weighted by Crippen LogP contribution is 2.29. The molecule has 1 saturated carbocycles. The summed E-state index contributed by atoms with van der Waals surface area (Å²) in [4.78, 5) is 30.5. The van der Waals surface area contributed by atoms with Crippen molar-refractivity contribution in [2.45, 2.75) is 75.9 Å². The van der Waals surface area contributed by atoms with Crippen LogP contribution in [0.3, 0.4) is 0 Å². The van der Waals surface area contributed by atoms with E-state index in [1.807, 2.05) is 62.4 Å². The SMILES string of the molecule is Cc1cccc(N(CC(=O)N(Cc2ccc(Cl)cc2)[C@@H](Cc2ccccc2)C(=O)NC2CCCCC2)S(=O)(=O)c2ccccc2)c1C. The van der Waals surface area contributed by atoms with Gasteiger partial charge in [-0.05, 0) is 79.3 Å². The molecule has 0 heterocycles. The number of hydrogen-bond acceptors (Lipinski definition) is 4. The summed E-state index contributed by atoms with van der Waals surface area (Å²) in [6.07, 6.45) is 5.29. The number of carbonyl (C=O) groups excluding carboxylic acids is 2. The van der Waals surface area contributed by atoms with Crippen molar-refractivity contribution < 1.29 is 18.0 Å². The second-order valence-corrected chi connectivity index (χ2v) is 14.5. The van der Waals surface area contributed by atoms with Gasteiger partial charge in [-0.1, -0.05) is 104 Å². The van der Waals surface area contributed by atoms with Crippen LogP contribution in [-0.2, 0) is 32.6 Å². The van der Waals surface area contributed by atoms with Gasteiger partial charge in [-0.25, -0.2) is 8.42 Å². The Balaban J connectivity index is 1.58. The van der Waals surface area contributed by atoms with Crippen molar-refractivity contribution in [1.29, 1.82) is 0 Å². The third kappa shape index (κ3) is 8.62. The van der Waals surface area contributed by atoms with Crippen molar-refractivity contribution in [1.82, 2.24) is 10.2 Å². The molecule has 1 atom stereocenters. The monoisotopic (exact) mass is 671 g/mol. The lowest BCUT2D eigenvalue weighted by atomic mass is 9.94. The van der Waals surface area contributed by atoms with Gasteiger partial charge in [0.15, 0.2) is 0 Å². The maximum atomic E-state index is 14.7. The fraction of sp³-hybridized carbons (Fsp3) is 0.316. The number of sulfonamides is 1. The van der Waals surface area contributed by atoms with Gasteiger partial charge in [0.05, 0.1) is 10.6 Å². The third-order valence-corrected chi connectivity index (χ3v) is 11.0. The van der Waals surface area contributed by atoms with Gasteiger partial charge >= 0.3 is 0 Å². The zero-order chi connectivity index (χ0) is 33.4. The molecule has 2 amide bonds. The normalized spacial score (nSPS) is 14.3. The summed E-state index contributed by atoms with van der Waals surface area (Å²) in [6, 6.07) is 29.4. The highest BCUT2D eigenvalue weighted by atomic mass is 35.5. The van der Waals surface area contributed by atoms with E-state index < -0.39 is 28.5 Å². The fourth-order valence-corrected chi connectivity index (χ4v) is 7.74. The van der Waals surface area contributed by atoms with Crippen LogP contribution in [0.4, 0.5) is 5.69 Å². The van der Waals surface area contributed by atoms with E-state index in [9.17, 15) is 18.0 Å². The second-order valence-electron chi connectivity index (χ2n) is 12.2. The molecule has 1 aliphatic rings. The van der Waals surface area contributed by atoms with Crippen molar-refractivity contribution in [3.8, 4) is 0 Å².